The number of fused-ring (bicyclic) bond motifs is 1. The fraction of sp³-hybridized carbons (Fsp3) is 0.300. The van der Waals surface area contributed by atoms with Crippen molar-refractivity contribution in [3.8, 4) is 17.3 Å². The highest BCUT2D eigenvalue weighted by molar-refractivity contribution is 5.83. The fourth-order valence-corrected chi connectivity index (χ4v) is 3.22. The second-order valence-corrected chi connectivity index (χ2v) is 6.36. The lowest BCUT2D eigenvalue weighted by atomic mass is 10.2. The van der Waals surface area contributed by atoms with Gasteiger partial charge in [0.05, 0.1) is 11.6 Å². The van der Waals surface area contributed by atoms with E-state index >= 15 is 0 Å². The Hall–Kier alpha value is -3.02. The summed E-state index contributed by atoms with van der Waals surface area (Å²) in [6.07, 6.45) is 2.70. The molecule has 0 bridgehead atoms. The maximum absolute atomic E-state index is 13.0. The van der Waals surface area contributed by atoms with Gasteiger partial charge in [-0.3, -0.25) is 9.59 Å². The van der Waals surface area contributed by atoms with Crippen LogP contribution in [0, 0.1) is 0 Å². The molecule has 1 aliphatic rings. The van der Waals surface area contributed by atoms with Gasteiger partial charge in [0.2, 0.25) is 16.9 Å². The van der Waals surface area contributed by atoms with E-state index in [0.29, 0.717) is 16.7 Å². The molecule has 0 unspecified atom stereocenters. The van der Waals surface area contributed by atoms with E-state index in [1.807, 2.05) is 0 Å². The van der Waals surface area contributed by atoms with Crippen molar-refractivity contribution in [1.29, 1.82) is 0 Å². The number of carbonyl (C=O) groups is 1. The highest BCUT2D eigenvalue weighted by Gasteiger charge is 2.28. The average molecular weight is 353 g/mol. The molecule has 2 aromatic heterocycles. The first-order chi connectivity index (χ1) is 12.6. The summed E-state index contributed by atoms with van der Waals surface area (Å²) in [6, 6.07) is 10.3. The van der Waals surface area contributed by atoms with Crippen LogP contribution < -0.4 is 10.2 Å². The van der Waals surface area contributed by atoms with Crippen LogP contribution in [0.1, 0.15) is 19.8 Å². The molecule has 134 valence electrons. The average Bonchev–Trinajstić information content (AvgIpc) is 3.37. The Morgan fingerprint density at radius 2 is 1.92 bits per heavy atom. The lowest BCUT2D eigenvalue weighted by Gasteiger charge is -2.21. The van der Waals surface area contributed by atoms with Gasteiger partial charge < -0.3 is 18.5 Å². The third-order valence-corrected chi connectivity index (χ3v) is 4.56. The van der Waals surface area contributed by atoms with E-state index in [4.69, 9.17) is 13.6 Å². The number of ether oxygens (including phenoxy) is 1. The zero-order valence-corrected chi connectivity index (χ0v) is 14.4. The summed E-state index contributed by atoms with van der Waals surface area (Å²) in [7, 11) is 0. The van der Waals surface area contributed by atoms with E-state index in [1.54, 1.807) is 48.2 Å². The van der Waals surface area contributed by atoms with Gasteiger partial charge in [-0.25, -0.2) is 0 Å². The summed E-state index contributed by atoms with van der Waals surface area (Å²) in [5, 5.41) is 0.402. The largest absolute Gasteiger partial charge is 0.473 e. The smallest absolute Gasteiger partial charge is 0.263 e. The van der Waals surface area contributed by atoms with Crippen molar-refractivity contribution in [1.82, 2.24) is 4.90 Å². The van der Waals surface area contributed by atoms with Crippen LogP contribution in [0.3, 0.4) is 0 Å². The van der Waals surface area contributed by atoms with Gasteiger partial charge in [0, 0.05) is 13.1 Å². The van der Waals surface area contributed by atoms with Gasteiger partial charge in [0.15, 0.2) is 11.9 Å². The van der Waals surface area contributed by atoms with Gasteiger partial charge in [-0.05, 0) is 44.0 Å². The lowest BCUT2D eigenvalue weighted by Crippen LogP contribution is -2.39. The number of hydrogen-bond donors (Lipinski definition) is 0. The molecule has 4 rings (SSSR count). The molecule has 0 saturated carbocycles. The van der Waals surface area contributed by atoms with Gasteiger partial charge in [-0.15, -0.1) is 0 Å². The molecule has 6 heteroatoms. The molecule has 3 heterocycles. The maximum Gasteiger partial charge on any atom is 0.263 e. The molecular weight excluding hydrogens is 334 g/mol. The number of likely N-dealkylation sites (tertiary alicyclic amines) is 1. The van der Waals surface area contributed by atoms with Gasteiger partial charge in [0.1, 0.15) is 5.58 Å². The van der Waals surface area contributed by atoms with E-state index in [0.717, 1.165) is 25.9 Å². The number of carbonyl (C=O) groups excluding carboxylic acids is 1. The number of nitrogens with zero attached hydrogens (tertiary/aromatic N) is 1. The van der Waals surface area contributed by atoms with Crippen molar-refractivity contribution in [2.75, 3.05) is 13.1 Å². The minimum atomic E-state index is -0.786. The van der Waals surface area contributed by atoms with E-state index in [-0.39, 0.29) is 22.8 Å². The first kappa shape index (κ1) is 16.4. The van der Waals surface area contributed by atoms with Crippen LogP contribution in [-0.4, -0.2) is 30.0 Å². The molecule has 6 nitrogen and oxygen atoms in total. The minimum absolute atomic E-state index is 0.00121. The number of rotatable bonds is 4. The third-order valence-electron chi connectivity index (χ3n) is 4.56. The second-order valence-electron chi connectivity index (χ2n) is 6.36. The van der Waals surface area contributed by atoms with Crippen molar-refractivity contribution in [3.05, 3.63) is 52.9 Å². The van der Waals surface area contributed by atoms with E-state index in [1.165, 1.54) is 6.26 Å². The summed E-state index contributed by atoms with van der Waals surface area (Å²) >= 11 is 0. The maximum atomic E-state index is 13.0. The Labute approximate surface area is 150 Å². The predicted octanol–water partition coefficient (Wildman–Crippen LogP) is 3.44. The molecule has 1 amide bonds. The van der Waals surface area contributed by atoms with Crippen LogP contribution in [0.4, 0.5) is 0 Å². The van der Waals surface area contributed by atoms with Crippen LogP contribution in [0.2, 0.25) is 0 Å². The summed E-state index contributed by atoms with van der Waals surface area (Å²) in [5.74, 6) is 0.447. The molecule has 0 spiro atoms. The van der Waals surface area contributed by atoms with E-state index in [2.05, 4.69) is 0 Å². The van der Waals surface area contributed by atoms with Crippen molar-refractivity contribution < 1.29 is 18.4 Å². The molecule has 26 heavy (non-hydrogen) atoms. The lowest BCUT2D eigenvalue weighted by molar-refractivity contribution is -0.136. The summed E-state index contributed by atoms with van der Waals surface area (Å²) < 4.78 is 17.1. The van der Waals surface area contributed by atoms with E-state index < -0.39 is 6.10 Å². The molecule has 0 aliphatic carbocycles. The monoisotopic (exact) mass is 353 g/mol. The number of amides is 1. The summed E-state index contributed by atoms with van der Waals surface area (Å²) in [5.41, 5.74) is 0.120. The van der Waals surface area contributed by atoms with Crippen LogP contribution in [0.25, 0.3) is 22.5 Å². The minimum Gasteiger partial charge on any atom is -0.473 e. The van der Waals surface area contributed by atoms with Crippen LogP contribution in [0.15, 0.2) is 56.3 Å². The van der Waals surface area contributed by atoms with Crippen molar-refractivity contribution in [2.45, 2.75) is 25.9 Å². The Morgan fingerprint density at radius 1 is 1.15 bits per heavy atom. The molecular formula is C20H19NO5. The Bertz CT molecular complexity index is 983. The highest BCUT2D eigenvalue weighted by Crippen LogP contribution is 2.31. The zero-order valence-electron chi connectivity index (χ0n) is 14.4. The molecule has 1 atom stereocenters. The highest BCUT2D eigenvalue weighted by atomic mass is 16.5. The number of benzene rings is 1. The van der Waals surface area contributed by atoms with Gasteiger partial charge in [-0.1, -0.05) is 12.1 Å². The molecule has 0 N–H and O–H groups in total. The fourth-order valence-electron chi connectivity index (χ4n) is 3.22. The van der Waals surface area contributed by atoms with Gasteiger partial charge in [0.25, 0.3) is 5.91 Å². The molecule has 1 aromatic carbocycles. The Morgan fingerprint density at radius 3 is 2.65 bits per heavy atom. The SMILES string of the molecule is C[C@@H](Oc1c(-c2ccco2)oc2ccccc2c1=O)C(=O)N1CCCC1. The van der Waals surface area contributed by atoms with Crippen molar-refractivity contribution in [2.24, 2.45) is 0 Å². The Balaban J connectivity index is 1.77. The number of para-hydroxylation sites is 1. The normalized spacial score (nSPS) is 15.3. The first-order valence-electron chi connectivity index (χ1n) is 8.70. The molecule has 1 saturated heterocycles. The summed E-state index contributed by atoms with van der Waals surface area (Å²) in [6.45, 7) is 3.11. The number of furan rings is 1. The van der Waals surface area contributed by atoms with Crippen LogP contribution in [0.5, 0.6) is 5.75 Å². The standard InChI is InChI=1S/C20H19NO5/c1-13(20(23)21-10-4-5-11-21)25-19-17(22)14-7-2-3-8-15(14)26-18(19)16-9-6-12-24-16/h2-3,6-9,12-13H,4-5,10-11H2,1H3/t13-/m1/s1. The second kappa shape index (κ2) is 6.71. The zero-order chi connectivity index (χ0) is 18.1. The van der Waals surface area contributed by atoms with Crippen LogP contribution >= 0.6 is 0 Å². The van der Waals surface area contributed by atoms with Crippen molar-refractivity contribution >= 4 is 16.9 Å². The van der Waals surface area contributed by atoms with Crippen LogP contribution in [-0.2, 0) is 4.79 Å². The molecule has 3 aromatic rings. The quantitative estimate of drug-likeness (QED) is 0.718. The topological polar surface area (TPSA) is 72.9 Å². The van der Waals surface area contributed by atoms with Crippen molar-refractivity contribution in [3.63, 3.8) is 0 Å². The molecule has 1 aliphatic heterocycles. The number of hydrogen-bond acceptors (Lipinski definition) is 5. The summed E-state index contributed by atoms with van der Waals surface area (Å²) in [4.78, 5) is 27.3. The predicted molar refractivity (Wildman–Crippen MR) is 96.1 cm³/mol. The third kappa shape index (κ3) is 2.87. The molecule has 1 fully saturated rings. The Kier molecular flexibility index (Phi) is 4.24. The van der Waals surface area contributed by atoms with Gasteiger partial charge in [-0.2, -0.15) is 0 Å². The van der Waals surface area contributed by atoms with Gasteiger partial charge >= 0.3 is 0 Å². The first-order valence-corrected chi connectivity index (χ1v) is 8.70. The van der Waals surface area contributed by atoms with E-state index in [9.17, 15) is 9.59 Å². The molecule has 0 radical (unpaired) electrons.